The molecule has 2 amide bonds. The summed E-state index contributed by atoms with van der Waals surface area (Å²) in [6.45, 7) is -0.414. The first-order valence-electron chi connectivity index (χ1n) is 5.30. The summed E-state index contributed by atoms with van der Waals surface area (Å²) in [6.07, 6.45) is -0.166. The zero-order chi connectivity index (χ0) is 14.4. The summed E-state index contributed by atoms with van der Waals surface area (Å²) in [5.74, 6) is -3.51. The quantitative estimate of drug-likeness (QED) is 0.641. The third-order valence-corrected chi connectivity index (χ3v) is 2.20. The first-order valence-corrected chi connectivity index (χ1v) is 5.30. The van der Waals surface area contributed by atoms with Crippen LogP contribution in [0.15, 0.2) is 18.2 Å². The van der Waals surface area contributed by atoms with Crippen LogP contribution in [0.2, 0.25) is 0 Å². The minimum Gasteiger partial charge on any atom is -0.480 e. The number of urea groups is 1. The highest BCUT2D eigenvalue weighted by Crippen LogP contribution is 2.12. The molecule has 104 valence electrons. The fraction of sp³-hybridized carbons (Fsp3) is 0.273. The average Bonchev–Trinajstić information content (AvgIpc) is 2.33. The smallest absolute Gasteiger partial charge is 0.326 e. The van der Waals surface area contributed by atoms with E-state index in [-0.39, 0.29) is 12.1 Å². The third-order valence-electron chi connectivity index (χ3n) is 2.20. The lowest BCUT2D eigenvalue weighted by Crippen LogP contribution is -2.43. The second-order valence-corrected chi connectivity index (χ2v) is 3.63. The normalized spacial score (nSPS) is 11.7. The van der Waals surface area contributed by atoms with Crippen molar-refractivity contribution in [3.05, 3.63) is 29.8 Å². The maximum absolute atomic E-state index is 12.9. The fourth-order valence-corrected chi connectivity index (χ4v) is 1.29. The van der Waals surface area contributed by atoms with Crippen LogP contribution in [0, 0.1) is 11.6 Å². The molecule has 0 aliphatic rings. The lowest BCUT2D eigenvalue weighted by Gasteiger charge is -2.14. The number of carbonyl (C=O) groups is 2. The molecule has 1 aromatic rings. The zero-order valence-corrected chi connectivity index (χ0v) is 9.69. The Morgan fingerprint density at radius 1 is 1.26 bits per heavy atom. The molecular weight excluding hydrogens is 262 g/mol. The van der Waals surface area contributed by atoms with Gasteiger partial charge < -0.3 is 20.8 Å². The van der Waals surface area contributed by atoms with Crippen LogP contribution in [-0.2, 0) is 4.79 Å². The van der Waals surface area contributed by atoms with Crippen LogP contribution >= 0.6 is 0 Å². The predicted molar refractivity (Wildman–Crippen MR) is 61.6 cm³/mol. The molecule has 0 unspecified atom stereocenters. The van der Waals surface area contributed by atoms with E-state index in [1.807, 2.05) is 0 Å². The maximum atomic E-state index is 12.9. The van der Waals surface area contributed by atoms with Gasteiger partial charge in [0.25, 0.3) is 0 Å². The summed E-state index contributed by atoms with van der Waals surface area (Å²) in [7, 11) is 0. The number of rotatable bonds is 5. The van der Waals surface area contributed by atoms with Crippen molar-refractivity contribution in [2.75, 3.05) is 11.9 Å². The Bertz CT molecular complexity index is 482. The number of benzene rings is 1. The van der Waals surface area contributed by atoms with Crippen molar-refractivity contribution in [1.82, 2.24) is 5.32 Å². The number of hydrogen-bond donors (Lipinski definition) is 4. The number of carboxylic acids is 1. The molecule has 0 aromatic heterocycles. The van der Waals surface area contributed by atoms with Crippen molar-refractivity contribution in [1.29, 1.82) is 0 Å². The molecule has 1 atom stereocenters. The van der Waals surface area contributed by atoms with Gasteiger partial charge in [-0.25, -0.2) is 18.4 Å². The first kappa shape index (κ1) is 14.8. The molecule has 0 aliphatic carbocycles. The monoisotopic (exact) mass is 274 g/mol. The van der Waals surface area contributed by atoms with Crippen molar-refractivity contribution in [2.24, 2.45) is 0 Å². The van der Waals surface area contributed by atoms with Gasteiger partial charge in [-0.1, -0.05) is 0 Å². The molecule has 0 heterocycles. The van der Waals surface area contributed by atoms with E-state index in [2.05, 4.69) is 10.6 Å². The van der Waals surface area contributed by atoms with Gasteiger partial charge in [0, 0.05) is 24.8 Å². The van der Waals surface area contributed by atoms with Crippen LogP contribution in [0.3, 0.4) is 0 Å². The van der Waals surface area contributed by atoms with Crippen LogP contribution in [0.25, 0.3) is 0 Å². The predicted octanol–water partition coefficient (Wildman–Crippen LogP) is 0.922. The zero-order valence-electron chi connectivity index (χ0n) is 9.69. The third kappa shape index (κ3) is 4.51. The van der Waals surface area contributed by atoms with E-state index in [1.54, 1.807) is 0 Å². The molecule has 8 heteroatoms. The SMILES string of the molecule is O=C(Nc1ccc(F)c(F)c1)N[C@@H](CCO)C(=O)O. The Morgan fingerprint density at radius 2 is 1.95 bits per heavy atom. The Balaban J connectivity index is 2.63. The van der Waals surface area contributed by atoms with Crippen molar-refractivity contribution < 1.29 is 28.6 Å². The number of hydrogen-bond acceptors (Lipinski definition) is 3. The van der Waals surface area contributed by atoms with E-state index in [1.165, 1.54) is 0 Å². The number of aliphatic hydroxyl groups is 1. The van der Waals surface area contributed by atoms with E-state index in [9.17, 15) is 18.4 Å². The van der Waals surface area contributed by atoms with Gasteiger partial charge in [0.1, 0.15) is 6.04 Å². The molecule has 0 saturated carbocycles. The summed E-state index contributed by atoms with van der Waals surface area (Å²) < 4.78 is 25.5. The molecule has 6 nitrogen and oxygen atoms in total. The van der Waals surface area contributed by atoms with Gasteiger partial charge in [-0.2, -0.15) is 0 Å². The molecule has 1 aromatic carbocycles. The lowest BCUT2D eigenvalue weighted by atomic mass is 10.2. The molecule has 0 saturated heterocycles. The number of nitrogens with one attached hydrogen (secondary N) is 2. The van der Waals surface area contributed by atoms with Crippen molar-refractivity contribution in [2.45, 2.75) is 12.5 Å². The summed E-state index contributed by atoms with van der Waals surface area (Å²) >= 11 is 0. The van der Waals surface area contributed by atoms with Crippen LogP contribution in [-0.4, -0.2) is 34.9 Å². The van der Waals surface area contributed by atoms with Crippen molar-refractivity contribution in [3.63, 3.8) is 0 Å². The number of amides is 2. The van der Waals surface area contributed by atoms with Gasteiger partial charge in [-0.15, -0.1) is 0 Å². The highest BCUT2D eigenvalue weighted by atomic mass is 19.2. The van der Waals surface area contributed by atoms with E-state index in [0.717, 1.165) is 18.2 Å². The Kier molecular flexibility index (Phi) is 5.19. The highest BCUT2D eigenvalue weighted by Gasteiger charge is 2.19. The molecule has 0 fully saturated rings. The van der Waals surface area contributed by atoms with Gasteiger partial charge in [-0.05, 0) is 12.1 Å². The largest absolute Gasteiger partial charge is 0.480 e. The Hall–Kier alpha value is -2.22. The molecule has 1 rings (SSSR count). The van der Waals surface area contributed by atoms with E-state index < -0.39 is 36.3 Å². The van der Waals surface area contributed by atoms with E-state index in [0.29, 0.717) is 0 Å². The average molecular weight is 274 g/mol. The number of carboxylic acid groups (broad SMARTS) is 1. The lowest BCUT2D eigenvalue weighted by molar-refractivity contribution is -0.139. The van der Waals surface area contributed by atoms with Gasteiger partial charge in [0.15, 0.2) is 11.6 Å². The standard InChI is InChI=1S/C11H12F2N2O4/c12-7-2-1-6(5-8(7)13)14-11(19)15-9(3-4-16)10(17)18/h1-2,5,9,16H,3-4H2,(H,17,18)(H2,14,15,19)/t9-/m0/s1. The van der Waals surface area contributed by atoms with Gasteiger partial charge in [-0.3, -0.25) is 0 Å². The number of halogens is 2. The topological polar surface area (TPSA) is 98.7 Å². The summed E-state index contributed by atoms with van der Waals surface area (Å²) in [5.41, 5.74) is -0.0236. The molecule has 0 aliphatic heterocycles. The summed E-state index contributed by atoms with van der Waals surface area (Å²) in [4.78, 5) is 22.1. The second kappa shape index (κ2) is 6.64. The second-order valence-electron chi connectivity index (χ2n) is 3.63. The number of anilines is 1. The molecule has 0 radical (unpaired) electrons. The van der Waals surface area contributed by atoms with Crippen LogP contribution in [0.5, 0.6) is 0 Å². The molecule has 0 spiro atoms. The maximum Gasteiger partial charge on any atom is 0.326 e. The fourth-order valence-electron chi connectivity index (χ4n) is 1.29. The Labute approximate surface area is 107 Å². The summed E-state index contributed by atoms with van der Waals surface area (Å²) in [5, 5.41) is 21.6. The molecule has 4 N–H and O–H groups in total. The minimum absolute atomic E-state index is 0.0236. The van der Waals surface area contributed by atoms with Crippen LogP contribution in [0.4, 0.5) is 19.3 Å². The van der Waals surface area contributed by atoms with Crippen LogP contribution < -0.4 is 10.6 Å². The molecule has 0 bridgehead atoms. The number of carbonyl (C=O) groups excluding carboxylic acids is 1. The van der Waals surface area contributed by atoms with Crippen molar-refractivity contribution in [3.8, 4) is 0 Å². The summed E-state index contributed by atoms with van der Waals surface area (Å²) in [6, 6.07) is 0.548. The minimum atomic E-state index is -1.31. The van der Waals surface area contributed by atoms with Crippen molar-refractivity contribution >= 4 is 17.7 Å². The van der Waals surface area contributed by atoms with Gasteiger partial charge in [0.05, 0.1) is 0 Å². The van der Waals surface area contributed by atoms with E-state index >= 15 is 0 Å². The molecule has 19 heavy (non-hydrogen) atoms. The first-order chi connectivity index (χ1) is 8.93. The van der Waals surface area contributed by atoms with Crippen LogP contribution in [0.1, 0.15) is 6.42 Å². The van der Waals surface area contributed by atoms with Gasteiger partial charge in [0.2, 0.25) is 0 Å². The highest BCUT2D eigenvalue weighted by molar-refractivity contribution is 5.92. The Morgan fingerprint density at radius 3 is 2.47 bits per heavy atom. The number of aliphatic hydroxyl groups excluding tert-OH is 1. The van der Waals surface area contributed by atoms with E-state index in [4.69, 9.17) is 10.2 Å². The number of aliphatic carboxylic acids is 1. The van der Waals surface area contributed by atoms with Gasteiger partial charge >= 0.3 is 12.0 Å². The molecular formula is C11H12F2N2O4.